The van der Waals surface area contributed by atoms with Crippen LogP contribution in [0.15, 0.2) is 118 Å². The summed E-state index contributed by atoms with van der Waals surface area (Å²) in [6.45, 7) is 0. The average Bonchev–Trinajstić information content (AvgIpc) is 3.25. The molecule has 0 bridgehead atoms. The monoisotopic (exact) mass is 476 g/mol. The first-order chi connectivity index (χ1) is 17.6. The zero-order chi connectivity index (χ0) is 24.9. The van der Waals surface area contributed by atoms with Crippen molar-refractivity contribution in [1.29, 1.82) is 0 Å². The van der Waals surface area contributed by atoms with Gasteiger partial charge in [-0.3, -0.25) is 9.89 Å². The van der Waals surface area contributed by atoms with Crippen LogP contribution in [0.25, 0.3) is 16.9 Å². The van der Waals surface area contributed by atoms with Crippen molar-refractivity contribution in [1.82, 2.24) is 9.78 Å². The maximum absolute atomic E-state index is 13.2. The molecule has 0 aliphatic rings. The molecule has 0 spiro atoms. The van der Waals surface area contributed by atoms with Crippen LogP contribution in [0.1, 0.15) is 11.1 Å². The minimum Gasteiger partial charge on any atom is -0.508 e. The van der Waals surface area contributed by atoms with Gasteiger partial charge in [0.2, 0.25) is 0 Å². The fourth-order valence-corrected chi connectivity index (χ4v) is 3.97. The van der Waals surface area contributed by atoms with Gasteiger partial charge in [0.25, 0.3) is 5.56 Å². The number of rotatable bonds is 7. The minimum absolute atomic E-state index is 0.129. The average molecular weight is 477 g/mol. The summed E-state index contributed by atoms with van der Waals surface area (Å²) in [7, 11) is 0. The van der Waals surface area contributed by atoms with Gasteiger partial charge in [-0.05, 0) is 66.4 Å². The first kappa shape index (κ1) is 22.9. The molecule has 3 N–H and O–H groups in total. The lowest BCUT2D eigenvalue weighted by molar-refractivity contribution is 0.454. The summed E-state index contributed by atoms with van der Waals surface area (Å²) in [5, 5.41) is 31.5. The second-order valence-electron chi connectivity index (χ2n) is 8.36. The van der Waals surface area contributed by atoms with Gasteiger partial charge in [0.05, 0.1) is 17.1 Å². The van der Waals surface area contributed by atoms with E-state index in [4.69, 9.17) is 0 Å². The number of nitrogens with zero attached hydrogens (tertiary/aromatic N) is 3. The number of phenolic OH excluding ortho intramolecular Hbond substituents is 2. The third-order valence-corrected chi connectivity index (χ3v) is 5.89. The predicted molar refractivity (Wildman–Crippen MR) is 140 cm³/mol. The lowest BCUT2D eigenvalue weighted by atomic mass is 10.0. The van der Waals surface area contributed by atoms with E-state index in [0.29, 0.717) is 35.5 Å². The first-order valence-electron chi connectivity index (χ1n) is 11.6. The summed E-state index contributed by atoms with van der Waals surface area (Å²) in [6.07, 6.45) is 1.27. The van der Waals surface area contributed by atoms with E-state index < -0.39 is 0 Å². The van der Waals surface area contributed by atoms with Crippen LogP contribution in [0.4, 0.5) is 11.4 Å². The van der Waals surface area contributed by atoms with Crippen molar-refractivity contribution in [2.45, 2.75) is 12.8 Å². The number of aryl methyl sites for hydroxylation is 2. The van der Waals surface area contributed by atoms with E-state index in [9.17, 15) is 15.0 Å². The van der Waals surface area contributed by atoms with Gasteiger partial charge in [-0.15, -0.1) is 5.11 Å². The van der Waals surface area contributed by atoms with Gasteiger partial charge in [0, 0.05) is 5.56 Å². The number of aromatic nitrogens is 2. The molecular formula is C29H24N4O3. The third kappa shape index (κ3) is 4.95. The zero-order valence-corrected chi connectivity index (χ0v) is 19.4. The molecule has 5 aromatic rings. The zero-order valence-electron chi connectivity index (χ0n) is 19.4. The van der Waals surface area contributed by atoms with Crippen molar-refractivity contribution >= 4 is 11.4 Å². The first-order valence-corrected chi connectivity index (χ1v) is 11.6. The number of aromatic hydroxyl groups is 2. The van der Waals surface area contributed by atoms with Gasteiger partial charge >= 0.3 is 0 Å². The quantitative estimate of drug-likeness (QED) is 0.186. The topological polar surface area (TPSA) is 103 Å². The smallest absolute Gasteiger partial charge is 0.299 e. The van der Waals surface area contributed by atoms with Crippen molar-refractivity contribution in [3.63, 3.8) is 0 Å². The Morgan fingerprint density at radius 2 is 1.44 bits per heavy atom. The Kier molecular flexibility index (Phi) is 6.44. The number of benzene rings is 4. The van der Waals surface area contributed by atoms with Crippen molar-refractivity contribution < 1.29 is 10.2 Å². The molecule has 178 valence electrons. The summed E-state index contributed by atoms with van der Waals surface area (Å²) >= 11 is 0. The number of aromatic amines is 1. The molecule has 0 radical (unpaired) electrons. The third-order valence-electron chi connectivity index (χ3n) is 5.89. The van der Waals surface area contributed by atoms with Gasteiger partial charge in [-0.25, -0.2) is 4.68 Å². The van der Waals surface area contributed by atoms with Crippen molar-refractivity contribution in [2.24, 2.45) is 10.2 Å². The van der Waals surface area contributed by atoms with E-state index in [2.05, 4.69) is 15.3 Å². The fourth-order valence-electron chi connectivity index (χ4n) is 3.97. The number of azo groups is 1. The number of nitrogens with one attached hydrogen (secondary N) is 1. The fraction of sp³-hybridized carbons (Fsp3) is 0.0690. The minimum atomic E-state index is -0.286. The Balaban J connectivity index is 1.40. The lowest BCUT2D eigenvalue weighted by Crippen LogP contribution is -2.13. The van der Waals surface area contributed by atoms with Crippen LogP contribution in [0.3, 0.4) is 0 Å². The Labute approximate surface area is 207 Å². The molecule has 0 atom stereocenters. The number of hydrogen-bond donors (Lipinski definition) is 3. The van der Waals surface area contributed by atoms with Crippen LogP contribution in [-0.4, -0.2) is 20.0 Å². The number of para-hydroxylation sites is 1. The highest BCUT2D eigenvalue weighted by Gasteiger charge is 2.16. The summed E-state index contributed by atoms with van der Waals surface area (Å²) in [5.41, 5.74) is 4.44. The molecule has 0 aliphatic carbocycles. The van der Waals surface area contributed by atoms with E-state index in [1.807, 2.05) is 84.9 Å². The largest absolute Gasteiger partial charge is 0.508 e. The van der Waals surface area contributed by atoms with Crippen molar-refractivity contribution in [3.8, 4) is 28.4 Å². The maximum atomic E-state index is 13.2. The Morgan fingerprint density at radius 1 is 0.750 bits per heavy atom. The molecule has 4 aromatic carbocycles. The van der Waals surface area contributed by atoms with Gasteiger partial charge in [-0.2, -0.15) is 5.11 Å². The molecule has 0 aliphatic heterocycles. The molecule has 1 heterocycles. The van der Waals surface area contributed by atoms with E-state index in [1.54, 1.807) is 6.07 Å². The van der Waals surface area contributed by atoms with Gasteiger partial charge < -0.3 is 10.2 Å². The molecule has 0 saturated carbocycles. The summed E-state index contributed by atoms with van der Waals surface area (Å²) in [5.74, 6) is 0.296. The van der Waals surface area contributed by atoms with E-state index in [1.165, 1.54) is 16.8 Å². The van der Waals surface area contributed by atoms with E-state index >= 15 is 0 Å². The van der Waals surface area contributed by atoms with E-state index in [-0.39, 0.29) is 22.7 Å². The normalized spacial score (nSPS) is 11.2. The van der Waals surface area contributed by atoms with Crippen molar-refractivity contribution in [3.05, 3.63) is 125 Å². The van der Waals surface area contributed by atoms with Crippen LogP contribution < -0.4 is 5.56 Å². The molecule has 1 aromatic heterocycles. The van der Waals surface area contributed by atoms with Crippen LogP contribution in [0.5, 0.6) is 11.5 Å². The van der Waals surface area contributed by atoms with Crippen LogP contribution in [-0.2, 0) is 12.8 Å². The summed E-state index contributed by atoms with van der Waals surface area (Å²) in [6, 6.07) is 31.0. The second kappa shape index (κ2) is 10.1. The molecule has 7 heteroatoms. The molecular weight excluding hydrogens is 452 g/mol. The standard InChI is InChI=1S/C29H24N4O3/c34-25-17-18-26(35)22(19-25)14-11-20-12-15-23(16-13-20)30-31-28-27(21-7-3-1-4-8-21)32-33(29(28)36)24-9-5-2-6-10-24/h1-10,12-13,15-19,32,34-35H,11,14H2. The molecule has 5 rings (SSSR count). The Hall–Kier alpha value is -4.91. The van der Waals surface area contributed by atoms with Gasteiger partial charge in [0.1, 0.15) is 11.5 Å². The predicted octanol–water partition coefficient (Wildman–Crippen LogP) is 6.44. The highest BCUT2D eigenvalue weighted by Crippen LogP contribution is 2.28. The van der Waals surface area contributed by atoms with E-state index in [0.717, 1.165) is 11.1 Å². The maximum Gasteiger partial charge on any atom is 0.299 e. The molecule has 0 unspecified atom stereocenters. The highest BCUT2D eigenvalue weighted by molar-refractivity contribution is 5.71. The van der Waals surface area contributed by atoms with Crippen LogP contribution in [0, 0.1) is 0 Å². The van der Waals surface area contributed by atoms with Crippen molar-refractivity contribution in [2.75, 3.05) is 0 Å². The van der Waals surface area contributed by atoms with Crippen LogP contribution >= 0.6 is 0 Å². The number of hydrogen-bond acceptors (Lipinski definition) is 5. The summed E-state index contributed by atoms with van der Waals surface area (Å²) in [4.78, 5) is 13.2. The molecule has 0 saturated heterocycles. The van der Waals surface area contributed by atoms with Crippen LogP contribution in [0.2, 0.25) is 0 Å². The SMILES string of the molecule is O=c1c(N=Nc2ccc(CCc3cc(O)ccc3O)cc2)c(-c2ccccc2)[nH]n1-c1ccccc1. The number of phenols is 2. The molecule has 7 nitrogen and oxygen atoms in total. The lowest BCUT2D eigenvalue weighted by Gasteiger charge is -2.05. The molecule has 36 heavy (non-hydrogen) atoms. The van der Waals surface area contributed by atoms with Gasteiger partial charge in [-0.1, -0.05) is 60.7 Å². The second-order valence-corrected chi connectivity index (χ2v) is 8.36. The Morgan fingerprint density at radius 3 is 2.17 bits per heavy atom. The number of H-pyrrole nitrogens is 1. The molecule has 0 fully saturated rings. The van der Waals surface area contributed by atoms with Gasteiger partial charge in [0.15, 0.2) is 5.69 Å². The Bertz CT molecular complexity index is 1550. The molecule has 0 amide bonds. The highest BCUT2D eigenvalue weighted by atomic mass is 16.3. The summed E-state index contributed by atoms with van der Waals surface area (Å²) < 4.78 is 1.47.